The molecule has 0 N–H and O–H groups in total. The number of fused-ring (bicyclic) bond motifs is 4. The van der Waals surface area contributed by atoms with E-state index in [0.29, 0.717) is 0 Å². The molecule has 1 nitrogen and oxygen atoms in total. The van der Waals surface area contributed by atoms with Crippen LogP contribution in [-0.2, 0) is 25.7 Å². The van der Waals surface area contributed by atoms with Crippen molar-refractivity contribution in [2.75, 3.05) is 0 Å². The van der Waals surface area contributed by atoms with E-state index in [9.17, 15) is 0 Å². The number of hydrogen-bond acceptors (Lipinski definition) is 2. The molecule has 0 aliphatic heterocycles. The van der Waals surface area contributed by atoms with Crippen molar-refractivity contribution < 1.29 is 0 Å². The summed E-state index contributed by atoms with van der Waals surface area (Å²) in [6.07, 6.45) is 10.1. The van der Waals surface area contributed by atoms with Gasteiger partial charge in [0.25, 0.3) is 0 Å². The van der Waals surface area contributed by atoms with Crippen molar-refractivity contribution in [3.05, 3.63) is 52.0 Å². The van der Waals surface area contributed by atoms with Crippen molar-refractivity contribution >= 4 is 21.6 Å². The van der Waals surface area contributed by atoms with Crippen LogP contribution in [0.15, 0.2) is 30.3 Å². The van der Waals surface area contributed by atoms with Gasteiger partial charge in [0.1, 0.15) is 4.83 Å². The summed E-state index contributed by atoms with van der Waals surface area (Å²) in [6, 6.07) is 11.1. The number of hydrogen-bond donors (Lipinski definition) is 0. The standard InChI is InChI=1S/C23H25NS/c1-2-15-12-13-19-18(14-15)21(16-8-4-3-5-9-16)22-17-10-6-7-11-20(17)25-23(22)24-19/h3-5,8-9,15H,2,6-7,10-14H2,1H3/t15-/m1/s1. The van der Waals surface area contributed by atoms with Crippen LogP contribution >= 0.6 is 11.3 Å². The maximum atomic E-state index is 5.19. The molecule has 3 aromatic rings. The zero-order valence-electron chi connectivity index (χ0n) is 15.0. The van der Waals surface area contributed by atoms with Crippen LogP contribution in [0, 0.1) is 5.92 Å². The summed E-state index contributed by atoms with van der Waals surface area (Å²) in [6.45, 7) is 2.34. The zero-order valence-corrected chi connectivity index (χ0v) is 15.8. The first kappa shape index (κ1) is 15.6. The highest BCUT2D eigenvalue weighted by Crippen LogP contribution is 2.45. The van der Waals surface area contributed by atoms with Gasteiger partial charge in [-0.25, -0.2) is 4.98 Å². The maximum absolute atomic E-state index is 5.19. The average molecular weight is 348 g/mol. The Labute approximate surface area is 154 Å². The normalized spacial score (nSPS) is 19.6. The highest BCUT2D eigenvalue weighted by molar-refractivity contribution is 7.19. The van der Waals surface area contributed by atoms with Gasteiger partial charge in [-0.3, -0.25) is 0 Å². The molecule has 2 aliphatic rings. The first-order valence-electron chi connectivity index (χ1n) is 9.86. The van der Waals surface area contributed by atoms with Crippen LogP contribution in [0.2, 0.25) is 0 Å². The zero-order chi connectivity index (χ0) is 16.8. The van der Waals surface area contributed by atoms with Gasteiger partial charge in [0.2, 0.25) is 0 Å². The van der Waals surface area contributed by atoms with Gasteiger partial charge in [-0.15, -0.1) is 11.3 Å². The lowest BCUT2D eigenvalue weighted by atomic mass is 9.80. The van der Waals surface area contributed by atoms with E-state index in [1.54, 1.807) is 16.0 Å². The van der Waals surface area contributed by atoms with Gasteiger partial charge in [0.15, 0.2) is 0 Å². The third-order valence-corrected chi connectivity index (χ3v) is 7.40. The van der Waals surface area contributed by atoms with E-state index in [1.807, 2.05) is 11.3 Å². The minimum Gasteiger partial charge on any atom is -0.242 e. The van der Waals surface area contributed by atoms with Crippen molar-refractivity contribution in [2.45, 2.75) is 58.3 Å². The lowest BCUT2D eigenvalue weighted by molar-refractivity contribution is 0.441. The predicted molar refractivity (Wildman–Crippen MR) is 108 cm³/mol. The average Bonchev–Trinajstić information content (AvgIpc) is 3.04. The number of nitrogens with zero attached hydrogens (tertiary/aromatic N) is 1. The van der Waals surface area contributed by atoms with E-state index < -0.39 is 0 Å². The Balaban J connectivity index is 1.84. The molecule has 1 atom stereocenters. The largest absolute Gasteiger partial charge is 0.242 e. The lowest BCUT2D eigenvalue weighted by Crippen LogP contribution is -2.16. The van der Waals surface area contributed by atoms with E-state index in [1.165, 1.54) is 72.0 Å². The Kier molecular flexibility index (Phi) is 3.89. The Bertz CT molecular complexity index is 922. The molecule has 0 unspecified atom stereocenters. The molecule has 2 aromatic heterocycles. The molecule has 0 fully saturated rings. The second-order valence-electron chi connectivity index (χ2n) is 7.69. The van der Waals surface area contributed by atoms with E-state index in [4.69, 9.17) is 4.98 Å². The third kappa shape index (κ3) is 2.54. The molecule has 5 rings (SSSR count). The van der Waals surface area contributed by atoms with Crippen molar-refractivity contribution in [2.24, 2.45) is 5.92 Å². The lowest BCUT2D eigenvalue weighted by Gasteiger charge is -2.26. The van der Waals surface area contributed by atoms with Gasteiger partial charge in [-0.2, -0.15) is 0 Å². The minimum absolute atomic E-state index is 0.823. The second kappa shape index (κ2) is 6.25. The topological polar surface area (TPSA) is 12.9 Å². The van der Waals surface area contributed by atoms with Gasteiger partial charge in [-0.05, 0) is 73.1 Å². The van der Waals surface area contributed by atoms with Gasteiger partial charge in [-0.1, -0.05) is 43.7 Å². The van der Waals surface area contributed by atoms with Crippen LogP contribution in [0.25, 0.3) is 21.3 Å². The van der Waals surface area contributed by atoms with Gasteiger partial charge >= 0.3 is 0 Å². The summed E-state index contributed by atoms with van der Waals surface area (Å²) >= 11 is 1.98. The summed E-state index contributed by atoms with van der Waals surface area (Å²) in [7, 11) is 0. The molecule has 2 heterocycles. The van der Waals surface area contributed by atoms with Crippen LogP contribution in [0.3, 0.4) is 0 Å². The highest BCUT2D eigenvalue weighted by atomic mass is 32.1. The van der Waals surface area contributed by atoms with Crippen molar-refractivity contribution in [1.29, 1.82) is 0 Å². The van der Waals surface area contributed by atoms with Gasteiger partial charge in [0.05, 0.1) is 0 Å². The molecule has 0 spiro atoms. The molecule has 2 heteroatoms. The van der Waals surface area contributed by atoms with Crippen LogP contribution in [0.5, 0.6) is 0 Å². The monoisotopic (exact) mass is 347 g/mol. The van der Waals surface area contributed by atoms with Gasteiger partial charge in [0, 0.05) is 16.0 Å². The fraction of sp³-hybridized carbons (Fsp3) is 0.435. The van der Waals surface area contributed by atoms with Crippen LogP contribution in [0.4, 0.5) is 0 Å². The van der Waals surface area contributed by atoms with Crippen molar-refractivity contribution in [3.8, 4) is 11.1 Å². The highest BCUT2D eigenvalue weighted by Gasteiger charge is 2.27. The fourth-order valence-corrected chi connectivity index (χ4v) is 6.09. The first-order chi connectivity index (χ1) is 12.3. The molecule has 0 bridgehead atoms. The Morgan fingerprint density at radius 2 is 1.88 bits per heavy atom. The van der Waals surface area contributed by atoms with E-state index in [0.717, 1.165) is 12.3 Å². The quantitative estimate of drug-likeness (QED) is 0.526. The molecule has 128 valence electrons. The molecular formula is C23H25NS. The summed E-state index contributed by atoms with van der Waals surface area (Å²) in [5.41, 5.74) is 7.49. The molecule has 25 heavy (non-hydrogen) atoms. The molecule has 0 radical (unpaired) electrons. The summed E-state index contributed by atoms with van der Waals surface area (Å²) in [5, 5.41) is 1.50. The Hall–Kier alpha value is -1.67. The molecular weight excluding hydrogens is 322 g/mol. The number of rotatable bonds is 2. The van der Waals surface area contributed by atoms with Crippen LogP contribution in [0.1, 0.15) is 54.3 Å². The third-order valence-electron chi connectivity index (χ3n) is 6.21. The molecule has 0 saturated carbocycles. The van der Waals surface area contributed by atoms with Crippen molar-refractivity contribution in [1.82, 2.24) is 4.98 Å². The van der Waals surface area contributed by atoms with Crippen molar-refractivity contribution in [3.63, 3.8) is 0 Å². The van der Waals surface area contributed by atoms with E-state index in [2.05, 4.69) is 37.3 Å². The number of benzene rings is 1. The van der Waals surface area contributed by atoms with Crippen LogP contribution < -0.4 is 0 Å². The maximum Gasteiger partial charge on any atom is 0.124 e. The SMILES string of the molecule is CC[C@@H]1CCc2nc3sc4c(c3c(-c3ccccc3)c2C1)CCCC4. The van der Waals surface area contributed by atoms with E-state index in [-0.39, 0.29) is 0 Å². The van der Waals surface area contributed by atoms with Crippen LogP contribution in [-0.4, -0.2) is 4.98 Å². The minimum atomic E-state index is 0.823. The molecule has 0 saturated heterocycles. The molecule has 1 aromatic carbocycles. The number of aromatic nitrogens is 1. The first-order valence-corrected chi connectivity index (χ1v) is 10.7. The second-order valence-corrected chi connectivity index (χ2v) is 8.77. The predicted octanol–water partition coefficient (Wildman–Crippen LogP) is 6.36. The number of thiophene rings is 1. The number of aryl methyl sites for hydroxylation is 3. The van der Waals surface area contributed by atoms with Gasteiger partial charge < -0.3 is 0 Å². The molecule has 0 amide bonds. The fourth-order valence-electron chi connectivity index (χ4n) is 4.80. The Morgan fingerprint density at radius 3 is 2.72 bits per heavy atom. The summed E-state index contributed by atoms with van der Waals surface area (Å²) < 4.78 is 0. The summed E-state index contributed by atoms with van der Waals surface area (Å²) in [4.78, 5) is 8.11. The Morgan fingerprint density at radius 1 is 1.04 bits per heavy atom. The molecule has 2 aliphatic carbocycles. The number of pyridine rings is 1. The summed E-state index contributed by atoms with van der Waals surface area (Å²) in [5.74, 6) is 0.823. The van der Waals surface area contributed by atoms with E-state index >= 15 is 0 Å². The smallest absolute Gasteiger partial charge is 0.124 e.